The lowest BCUT2D eigenvalue weighted by molar-refractivity contribution is 0.0696. The third-order valence-electron chi connectivity index (χ3n) is 2.07. The van der Waals surface area contributed by atoms with Crippen LogP contribution in [-0.4, -0.2) is 21.3 Å². The average molecular weight is 285 g/mol. The van der Waals surface area contributed by atoms with Gasteiger partial charge in [0.25, 0.3) is 0 Å². The number of hydrogen-bond acceptors (Lipinski definition) is 6. The molecule has 2 aromatic rings. The van der Waals surface area contributed by atoms with Crippen LogP contribution in [0.5, 0.6) is 0 Å². The maximum absolute atomic E-state index is 13.5. The van der Waals surface area contributed by atoms with Crippen LogP contribution in [0.4, 0.5) is 9.52 Å². The molecule has 1 heterocycles. The predicted octanol–water partition coefficient (Wildman–Crippen LogP) is 2.25. The quantitative estimate of drug-likeness (QED) is 0.837. The van der Waals surface area contributed by atoms with E-state index in [1.165, 1.54) is 35.2 Å². The van der Waals surface area contributed by atoms with Gasteiger partial charge in [0.2, 0.25) is 5.13 Å². The fourth-order valence-electron chi connectivity index (χ4n) is 1.24. The minimum absolute atomic E-state index is 0.0591. The van der Waals surface area contributed by atoms with Gasteiger partial charge >= 0.3 is 5.97 Å². The van der Waals surface area contributed by atoms with Gasteiger partial charge in [0.15, 0.2) is 4.34 Å². The number of nitrogens with two attached hydrogens (primary N) is 1. The largest absolute Gasteiger partial charge is 0.478 e. The number of halogens is 1. The van der Waals surface area contributed by atoms with Crippen LogP contribution in [0, 0.1) is 5.82 Å². The molecular formula is C10H8FN3O2S2. The second kappa shape index (κ2) is 5.32. The average Bonchev–Trinajstić information content (AvgIpc) is 2.74. The van der Waals surface area contributed by atoms with Crippen molar-refractivity contribution >= 4 is 34.2 Å². The van der Waals surface area contributed by atoms with Crippen molar-refractivity contribution in [3.63, 3.8) is 0 Å². The standard InChI is InChI=1S/C10H8FN3O2S2/c11-7-2-1-5(8(15)16)3-6(7)4-17-10-14-13-9(12)18-10/h1-3H,4H2,(H2,12,13)(H,15,16). The summed E-state index contributed by atoms with van der Waals surface area (Å²) in [5, 5.41) is 16.6. The van der Waals surface area contributed by atoms with Gasteiger partial charge in [-0.2, -0.15) is 0 Å². The summed E-state index contributed by atoms with van der Waals surface area (Å²) in [7, 11) is 0. The van der Waals surface area contributed by atoms with Crippen molar-refractivity contribution in [2.45, 2.75) is 10.1 Å². The van der Waals surface area contributed by atoms with Crippen LogP contribution < -0.4 is 5.73 Å². The summed E-state index contributed by atoms with van der Waals surface area (Å²) >= 11 is 2.46. The number of aromatic carboxylic acids is 1. The first-order valence-corrected chi connectivity index (χ1v) is 6.60. The number of rotatable bonds is 4. The molecule has 3 N–H and O–H groups in total. The van der Waals surface area contributed by atoms with E-state index in [0.717, 1.165) is 6.07 Å². The molecule has 0 bridgehead atoms. The number of benzene rings is 1. The summed E-state index contributed by atoms with van der Waals surface area (Å²) in [5.74, 6) is -1.24. The number of carboxylic acids is 1. The van der Waals surface area contributed by atoms with Gasteiger partial charge in [-0.15, -0.1) is 10.2 Å². The Labute approximate surface area is 110 Å². The van der Waals surface area contributed by atoms with Gasteiger partial charge in [0, 0.05) is 5.75 Å². The number of nitrogen functional groups attached to an aromatic ring is 1. The second-order valence-corrected chi connectivity index (χ2v) is 5.54. The highest BCUT2D eigenvalue weighted by molar-refractivity contribution is 8.00. The van der Waals surface area contributed by atoms with Gasteiger partial charge in [0.1, 0.15) is 5.82 Å². The lowest BCUT2D eigenvalue weighted by atomic mass is 10.1. The maximum atomic E-state index is 13.5. The topological polar surface area (TPSA) is 89.1 Å². The summed E-state index contributed by atoms with van der Waals surface area (Å²) in [6.45, 7) is 0. The highest BCUT2D eigenvalue weighted by Gasteiger charge is 2.10. The van der Waals surface area contributed by atoms with Crippen LogP contribution in [0.3, 0.4) is 0 Å². The minimum Gasteiger partial charge on any atom is -0.478 e. The molecule has 18 heavy (non-hydrogen) atoms. The molecule has 0 fully saturated rings. The molecule has 2 rings (SSSR count). The second-order valence-electron chi connectivity index (χ2n) is 3.31. The molecule has 0 aliphatic carbocycles. The lowest BCUT2D eigenvalue weighted by Crippen LogP contribution is -1.99. The van der Waals surface area contributed by atoms with Gasteiger partial charge in [-0.1, -0.05) is 23.1 Å². The zero-order chi connectivity index (χ0) is 13.1. The zero-order valence-electron chi connectivity index (χ0n) is 8.96. The number of anilines is 1. The number of nitrogens with zero attached hydrogens (tertiary/aromatic N) is 2. The van der Waals surface area contributed by atoms with Gasteiger partial charge in [-0.3, -0.25) is 0 Å². The molecule has 0 aliphatic heterocycles. The zero-order valence-corrected chi connectivity index (χ0v) is 10.6. The number of carboxylic acid groups (broad SMARTS) is 1. The molecule has 0 atom stereocenters. The first-order chi connectivity index (χ1) is 8.56. The van der Waals surface area contributed by atoms with E-state index in [4.69, 9.17) is 10.8 Å². The fraction of sp³-hybridized carbons (Fsp3) is 0.100. The van der Waals surface area contributed by atoms with E-state index in [9.17, 15) is 9.18 Å². The molecule has 1 aromatic carbocycles. The van der Waals surface area contributed by atoms with Crippen LogP contribution in [0.25, 0.3) is 0 Å². The van der Waals surface area contributed by atoms with Crippen molar-refractivity contribution in [1.82, 2.24) is 10.2 Å². The third kappa shape index (κ3) is 2.96. The minimum atomic E-state index is -1.08. The molecule has 0 saturated heterocycles. The van der Waals surface area contributed by atoms with E-state index in [-0.39, 0.29) is 11.3 Å². The van der Waals surface area contributed by atoms with E-state index in [2.05, 4.69) is 10.2 Å². The molecular weight excluding hydrogens is 277 g/mol. The van der Waals surface area contributed by atoms with Gasteiger partial charge in [0.05, 0.1) is 5.56 Å². The van der Waals surface area contributed by atoms with Gasteiger partial charge in [-0.05, 0) is 23.8 Å². The van der Waals surface area contributed by atoms with Crippen LogP contribution in [0.1, 0.15) is 15.9 Å². The SMILES string of the molecule is Nc1nnc(SCc2cc(C(=O)O)ccc2F)s1. The Hall–Kier alpha value is -1.67. The predicted molar refractivity (Wildman–Crippen MR) is 67.2 cm³/mol. The molecule has 0 aliphatic rings. The Bertz CT molecular complexity index is 588. The molecule has 94 valence electrons. The van der Waals surface area contributed by atoms with Gasteiger partial charge in [-0.25, -0.2) is 9.18 Å². The van der Waals surface area contributed by atoms with Crippen LogP contribution in [0.15, 0.2) is 22.5 Å². The summed E-state index contributed by atoms with van der Waals surface area (Å²) in [4.78, 5) is 10.8. The number of aromatic nitrogens is 2. The van der Waals surface area contributed by atoms with Crippen molar-refractivity contribution < 1.29 is 14.3 Å². The van der Waals surface area contributed by atoms with E-state index in [1.54, 1.807) is 0 Å². The summed E-state index contributed by atoms with van der Waals surface area (Å²) in [6, 6.07) is 3.69. The Kier molecular flexibility index (Phi) is 3.78. The van der Waals surface area contributed by atoms with Crippen molar-refractivity contribution in [1.29, 1.82) is 0 Å². The summed E-state index contributed by atoms with van der Waals surface area (Å²) in [5.41, 5.74) is 5.79. The molecule has 0 unspecified atom stereocenters. The number of carbonyl (C=O) groups is 1. The summed E-state index contributed by atoms with van der Waals surface area (Å²) in [6.07, 6.45) is 0. The molecule has 0 amide bonds. The number of thioether (sulfide) groups is 1. The first-order valence-electron chi connectivity index (χ1n) is 4.80. The van der Waals surface area contributed by atoms with Crippen molar-refractivity contribution in [3.8, 4) is 0 Å². The fourth-order valence-corrected chi connectivity index (χ4v) is 2.85. The molecule has 1 aromatic heterocycles. The van der Waals surface area contributed by atoms with E-state index < -0.39 is 11.8 Å². The van der Waals surface area contributed by atoms with E-state index in [0.29, 0.717) is 15.0 Å². The highest BCUT2D eigenvalue weighted by atomic mass is 32.2. The smallest absolute Gasteiger partial charge is 0.335 e. The molecule has 0 spiro atoms. The molecule has 5 nitrogen and oxygen atoms in total. The summed E-state index contributed by atoms with van der Waals surface area (Å²) < 4.78 is 14.1. The van der Waals surface area contributed by atoms with Crippen LogP contribution >= 0.6 is 23.1 Å². The maximum Gasteiger partial charge on any atom is 0.335 e. The third-order valence-corrected chi connectivity index (χ3v) is 4.00. The molecule has 0 radical (unpaired) electrons. The normalized spacial score (nSPS) is 10.5. The Morgan fingerprint density at radius 2 is 2.28 bits per heavy atom. The first kappa shape index (κ1) is 12.8. The van der Waals surface area contributed by atoms with Crippen LogP contribution in [0.2, 0.25) is 0 Å². The Morgan fingerprint density at radius 1 is 1.50 bits per heavy atom. The van der Waals surface area contributed by atoms with Crippen molar-refractivity contribution in [3.05, 3.63) is 35.1 Å². The highest BCUT2D eigenvalue weighted by Crippen LogP contribution is 2.28. The monoisotopic (exact) mass is 285 g/mol. The van der Waals surface area contributed by atoms with Crippen LogP contribution in [-0.2, 0) is 5.75 Å². The molecule has 0 saturated carbocycles. The number of hydrogen-bond donors (Lipinski definition) is 2. The van der Waals surface area contributed by atoms with Gasteiger partial charge < -0.3 is 10.8 Å². The van der Waals surface area contributed by atoms with Crippen molar-refractivity contribution in [2.24, 2.45) is 0 Å². The Balaban J connectivity index is 2.13. The lowest BCUT2D eigenvalue weighted by Gasteiger charge is -2.02. The van der Waals surface area contributed by atoms with E-state index in [1.807, 2.05) is 0 Å². The Morgan fingerprint density at radius 3 is 2.89 bits per heavy atom. The van der Waals surface area contributed by atoms with E-state index >= 15 is 0 Å². The van der Waals surface area contributed by atoms with Crippen molar-refractivity contribution in [2.75, 3.05) is 5.73 Å². The molecule has 8 heteroatoms.